The fraction of sp³-hybridized carbons (Fsp3) is 0.890. The SMILES string of the molecule is CCCCCC/C=C\C=C/CCCCCCCC(=O)O[C@H](COC(=O)CCCCCCCCC(C)CC)COP(=O)(O)OC[C@@H](O)COP(=O)(O)OC[C@@H](COC(=O)CCCCCCCCC(C)CC)OC(=O)CCCCCCCCCCCCCCCCC(C)C. The molecule has 92 heavy (non-hydrogen) atoms. The van der Waals surface area contributed by atoms with Crippen LogP contribution in [0.4, 0.5) is 0 Å². The molecule has 0 bridgehead atoms. The van der Waals surface area contributed by atoms with Crippen LogP contribution in [0.3, 0.4) is 0 Å². The Morgan fingerprint density at radius 1 is 0.359 bits per heavy atom. The molecule has 0 aromatic rings. The van der Waals surface area contributed by atoms with Crippen molar-refractivity contribution in [2.24, 2.45) is 17.8 Å². The van der Waals surface area contributed by atoms with Crippen LogP contribution in [0.15, 0.2) is 24.3 Å². The fourth-order valence-electron chi connectivity index (χ4n) is 10.5. The first-order valence-corrected chi connectivity index (χ1v) is 40.2. The average Bonchev–Trinajstić information content (AvgIpc) is 2.29. The summed E-state index contributed by atoms with van der Waals surface area (Å²) in [4.78, 5) is 72.6. The topological polar surface area (TPSA) is 237 Å². The van der Waals surface area contributed by atoms with E-state index in [-0.39, 0.29) is 25.7 Å². The summed E-state index contributed by atoms with van der Waals surface area (Å²) in [6.07, 6.45) is 50.8. The lowest BCUT2D eigenvalue weighted by Crippen LogP contribution is -2.30. The predicted octanol–water partition coefficient (Wildman–Crippen LogP) is 20.6. The van der Waals surface area contributed by atoms with Gasteiger partial charge in [-0.3, -0.25) is 37.3 Å². The molecule has 0 aromatic heterocycles. The van der Waals surface area contributed by atoms with E-state index in [1.165, 1.54) is 128 Å². The van der Waals surface area contributed by atoms with E-state index in [0.29, 0.717) is 25.7 Å². The number of phosphoric acid groups is 2. The van der Waals surface area contributed by atoms with Crippen LogP contribution in [0, 0.1) is 17.8 Å². The number of aliphatic hydroxyl groups is 1. The normalized spacial score (nSPS) is 14.9. The van der Waals surface area contributed by atoms with Gasteiger partial charge in [-0.25, -0.2) is 9.13 Å². The van der Waals surface area contributed by atoms with Crippen molar-refractivity contribution < 1.29 is 80.2 Å². The molecule has 4 unspecified atom stereocenters. The monoisotopic (exact) mass is 1350 g/mol. The fourth-order valence-corrected chi connectivity index (χ4v) is 12.0. The molecule has 0 radical (unpaired) electrons. The first kappa shape index (κ1) is 89.5. The number of phosphoric ester groups is 2. The molecule has 0 amide bonds. The minimum atomic E-state index is -4.96. The lowest BCUT2D eigenvalue weighted by atomic mass is 10.00. The van der Waals surface area contributed by atoms with Gasteiger partial charge in [0.2, 0.25) is 0 Å². The van der Waals surface area contributed by atoms with Crippen LogP contribution in [-0.4, -0.2) is 96.7 Å². The van der Waals surface area contributed by atoms with Crippen LogP contribution < -0.4 is 0 Å². The minimum absolute atomic E-state index is 0.0837. The largest absolute Gasteiger partial charge is 0.472 e. The van der Waals surface area contributed by atoms with Crippen LogP contribution in [0.25, 0.3) is 0 Å². The molecule has 19 heteroatoms. The average molecular weight is 1350 g/mol. The summed E-state index contributed by atoms with van der Waals surface area (Å²) in [6.45, 7) is 11.7. The molecule has 0 saturated heterocycles. The van der Waals surface area contributed by atoms with Crippen LogP contribution >= 0.6 is 15.6 Å². The third-order valence-electron chi connectivity index (χ3n) is 17.0. The second-order valence-corrected chi connectivity index (χ2v) is 29.5. The van der Waals surface area contributed by atoms with Gasteiger partial charge in [0.25, 0.3) is 0 Å². The highest BCUT2D eigenvalue weighted by Crippen LogP contribution is 2.45. The van der Waals surface area contributed by atoms with Crippen molar-refractivity contribution in [3.63, 3.8) is 0 Å². The second-order valence-electron chi connectivity index (χ2n) is 26.6. The van der Waals surface area contributed by atoms with Crippen LogP contribution in [0.2, 0.25) is 0 Å². The van der Waals surface area contributed by atoms with Gasteiger partial charge in [-0.15, -0.1) is 0 Å². The van der Waals surface area contributed by atoms with E-state index in [2.05, 4.69) is 72.8 Å². The first-order valence-electron chi connectivity index (χ1n) is 37.2. The summed E-state index contributed by atoms with van der Waals surface area (Å²) in [6, 6.07) is 0. The zero-order valence-electron chi connectivity index (χ0n) is 59.5. The lowest BCUT2D eigenvalue weighted by Gasteiger charge is -2.21. The number of allylic oxidation sites excluding steroid dienone is 4. The Labute approximate surface area is 561 Å². The molecule has 0 rings (SSSR count). The Bertz CT molecular complexity index is 1900. The van der Waals surface area contributed by atoms with Gasteiger partial charge < -0.3 is 33.8 Å². The number of carbonyl (C=O) groups excluding carboxylic acids is 4. The van der Waals surface area contributed by atoms with Gasteiger partial charge in [-0.05, 0) is 69.1 Å². The molecular formula is C73H138O17P2. The Balaban J connectivity index is 5.27. The number of hydrogen-bond acceptors (Lipinski definition) is 15. The van der Waals surface area contributed by atoms with Gasteiger partial charge in [0, 0.05) is 25.7 Å². The van der Waals surface area contributed by atoms with E-state index < -0.39 is 97.5 Å². The number of ether oxygens (including phenoxy) is 4. The highest BCUT2D eigenvalue weighted by Gasteiger charge is 2.30. The van der Waals surface area contributed by atoms with E-state index in [4.69, 9.17) is 37.0 Å². The molecular weight excluding hydrogens is 1210 g/mol. The van der Waals surface area contributed by atoms with Crippen LogP contribution in [0.1, 0.15) is 344 Å². The molecule has 0 fully saturated rings. The van der Waals surface area contributed by atoms with Crippen molar-refractivity contribution in [1.29, 1.82) is 0 Å². The second kappa shape index (κ2) is 63.3. The summed E-state index contributed by atoms with van der Waals surface area (Å²) < 4.78 is 68.3. The summed E-state index contributed by atoms with van der Waals surface area (Å²) in [5, 5.41) is 10.6. The molecule has 0 aliphatic rings. The van der Waals surface area contributed by atoms with Gasteiger partial charge in [0.05, 0.1) is 26.4 Å². The van der Waals surface area contributed by atoms with Gasteiger partial charge >= 0.3 is 39.5 Å². The van der Waals surface area contributed by atoms with E-state index in [1.807, 2.05) is 0 Å². The van der Waals surface area contributed by atoms with Crippen LogP contribution in [-0.2, 0) is 65.4 Å². The number of aliphatic hydroxyl groups excluding tert-OH is 1. The molecule has 0 saturated carbocycles. The summed E-state index contributed by atoms with van der Waals surface area (Å²) >= 11 is 0. The lowest BCUT2D eigenvalue weighted by molar-refractivity contribution is -0.161. The minimum Gasteiger partial charge on any atom is -0.462 e. The molecule has 3 N–H and O–H groups in total. The zero-order chi connectivity index (χ0) is 68.0. The molecule has 0 heterocycles. The predicted molar refractivity (Wildman–Crippen MR) is 372 cm³/mol. The van der Waals surface area contributed by atoms with Crippen molar-refractivity contribution in [3.05, 3.63) is 24.3 Å². The van der Waals surface area contributed by atoms with E-state index >= 15 is 0 Å². The Morgan fingerprint density at radius 2 is 0.641 bits per heavy atom. The van der Waals surface area contributed by atoms with Gasteiger partial charge in [-0.1, -0.05) is 291 Å². The van der Waals surface area contributed by atoms with E-state index in [9.17, 15) is 43.2 Å². The third-order valence-corrected chi connectivity index (χ3v) is 18.9. The maximum atomic E-state index is 13.0. The van der Waals surface area contributed by atoms with Gasteiger partial charge in [0.15, 0.2) is 12.2 Å². The van der Waals surface area contributed by atoms with Gasteiger partial charge in [0.1, 0.15) is 19.3 Å². The van der Waals surface area contributed by atoms with Crippen molar-refractivity contribution in [2.45, 2.75) is 362 Å². The Kier molecular flexibility index (Phi) is 61.6. The molecule has 0 aromatic carbocycles. The maximum absolute atomic E-state index is 13.0. The molecule has 7 atom stereocenters. The number of carbonyl (C=O) groups is 4. The van der Waals surface area contributed by atoms with Crippen molar-refractivity contribution in [1.82, 2.24) is 0 Å². The number of unbranched alkanes of at least 4 members (excludes halogenated alkanes) is 32. The highest BCUT2D eigenvalue weighted by atomic mass is 31.2. The van der Waals surface area contributed by atoms with E-state index in [0.717, 1.165) is 133 Å². The number of esters is 4. The number of hydrogen-bond donors (Lipinski definition) is 3. The number of rotatable bonds is 69. The quantitative estimate of drug-likeness (QED) is 0.0169. The molecule has 0 spiro atoms. The standard InChI is InChI=1S/C73H138O17P2/c1-8-11-12-13-14-15-16-17-18-22-25-28-31-42-49-56-72(77)89-68(60-83-70(75)54-47-40-35-33-38-45-52-65(6)9-2)62-87-91(79,80)85-58-67(74)59-86-92(81,82)88-63-69(61-84-71(76)55-48-41-36-34-39-46-53-66(7)10-3)90-73(78)57-50-43-32-29-26-23-20-19-21-24-27-30-37-44-51-64(4)5/h15-18,64-69,74H,8-14,19-63H2,1-7H3,(H,79,80)(H,81,82)/b16-15-,18-17-/t65?,66?,67-,68-,69-/m1/s1. The molecule has 542 valence electrons. The molecule has 17 nitrogen and oxygen atoms in total. The summed E-state index contributed by atoms with van der Waals surface area (Å²) in [5.41, 5.74) is 0. The smallest absolute Gasteiger partial charge is 0.462 e. The molecule has 0 aliphatic heterocycles. The van der Waals surface area contributed by atoms with Crippen molar-refractivity contribution >= 4 is 39.5 Å². The summed E-state index contributed by atoms with van der Waals surface area (Å²) in [5.74, 6) is 0.0948. The van der Waals surface area contributed by atoms with Crippen molar-refractivity contribution in [2.75, 3.05) is 39.6 Å². The maximum Gasteiger partial charge on any atom is 0.472 e. The zero-order valence-corrected chi connectivity index (χ0v) is 61.3. The Hall–Kier alpha value is -2.46. The van der Waals surface area contributed by atoms with E-state index in [1.54, 1.807) is 0 Å². The molecule has 0 aliphatic carbocycles. The highest BCUT2D eigenvalue weighted by molar-refractivity contribution is 7.47. The Morgan fingerprint density at radius 3 is 0.967 bits per heavy atom. The summed E-state index contributed by atoms with van der Waals surface area (Å²) in [7, 11) is -9.92. The third kappa shape index (κ3) is 63.6. The van der Waals surface area contributed by atoms with Crippen LogP contribution in [0.5, 0.6) is 0 Å². The van der Waals surface area contributed by atoms with Crippen molar-refractivity contribution in [3.8, 4) is 0 Å². The van der Waals surface area contributed by atoms with Gasteiger partial charge in [-0.2, -0.15) is 0 Å². The first-order chi connectivity index (χ1) is 44.3.